The number of hydrogen-bond donors (Lipinski definition) is 2. The van der Waals surface area contributed by atoms with Crippen LogP contribution in [0.1, 0.15) is 38.8 Å². The third kappa shape index (κ3) is 3.76. The number of H-pyrrole nitrogens is 1. The van der Waals surface area contributed by atoms with Gasteiger partial charge in [0.05, 0.1) is 11.7 Å². The molecule has 0 spiro atoms. The lowest BCUT2D eigenvalue weighted by atomic mass is 10.1. The van der Waals surface area contributed by atoms with Gasteiger partial charge in [-0.2, -0.15) is 9.40 Å². The first-order valence-corrected chi connectivity index (χ1v) is 12.4. The molecule has 10 nitrogen and oxygen atoms in total. The van der Waals surface area contributed by atoms with Gasteiger partial charge in [-0.05, 0) is 31.5 Å². The van der Waals surface area contributed by atoms with Crippen LogP contribution in [0.5, 0.6) is 0 Å². The van der Waals surface area contributed by atoms with Gasteiger partial charge >= 0.3 is 0 Å². The number of nitrogens with one attached hydrogen (secondary N) is 2. The molecule has 0 atom stereocenters. The maximum Gasteiger partial charge on any atom is 0.268 e. The third-order valence-electron chi connectivity index (χ3n) is 6.38. The van der Waals surface area contributed by atoms with Gasteiger partial charge in [0.25, 0.3) is 5.91 Å². The van der Waals surface area contributed by atoms with E-state index in [0.717, 1.165) is 27.7 Å². The van der Waals surface area contributed by atoms with Gasteiger partial charge < -0.3 is 9.88 Å². The molecule has 0 saturated carbocycles. The zero-order chi connectivity index (χ0) is 24.0. The van der Waals surface area contributed by atoms with Gasteiger partial charge in [0.2, 0.25) is 10.0 Å². The molecule has 5 rings (SSSR count). The molecule has 4 aromatic rings. The van der Waals surface area contributed by atoms with Crippen molar-refractivity contribution in [2.75, 3.05) is 6.54 Å². The Morgan fingerprint density at radius 2 is 2.06 bits per heavy atom. The predicted molar refractivity (Wildman–Crippen MR) is 125 cm³/mol. The number of hydrogen-bond acceptors (Lipinski definition) is 6. The van der Waals surface area contributed by atoms with Crippen molar-refractivity contribution in [1.29, 1.82) is 0 Å². The largest absolute Gasteiger partial charge is 0.347 e. The average Bonchev–Trinajstić information content (AvgIpc) is 3.41. The quantitative estimate of drug-likeness (QED) is 0.451. The van der Waals surface area contributed by atoms with E-state index in [1.807, 2.05) is 25.1 Å². The number of aromatic nitrogens is 5. The number of fused-ring (bicyclic) bond motifs is 2. The lowest BCUT2D eigenvalue weighted by Crippen LogP contribution is -2.35. The van der Waals surface area contributed by atoms with Gasteiger partial charge in [-0.1, -0.05) is 12.1 Å². The number of nitrogens with zero attached hydrogens (tertiary/aromatic N) is 5. The fraction of sp³-hybridized carbons (Fsp3) is 0.304. The highest BCUT2D eigenvalue weighted by atomic mass is 32.2. The third-order valence-corrected chi connectivity index (χ3v) is 8.34. The Bertz CT molecular complexity index is 1520. The molecule has 0 radical (unpaired) electrons. The van der Waals surface area contributed by atoms with Crippen molar-refractivity contribution in [3.8, 4) is 0 Å². The van der Waals surface area contributed by atoms with Gasteiger partial charge in [0, 0.05) is 61.6 Å². The summed E-state index contributed by atoms with van der Waals surface area (Å²) in [5.41, 5.74) is 4.32. The summed E-state index contributed by atoms with van der Waals surface area (Å²) in [6.45, 7) is 4.42. The molecule has 176 valence electrons. The number of carbonyl (C=O) groups is 1. The van der Waals surface area contributed by atoms with E-state index < -0.39 is 10.0 Å². The molecule has 1 aliphatic rings. The van der Waals surface area contributed by atoms with Gasteiger partial charge in [0.1, 0.15) is 16.4 Å². The minimum absolute atomic E-state index is 0.140. The summed E-state index contributed by atoms with van der Waals surface area (Å²) in [6, 6.07) is 7.16. The molecule has 0 bridgehead atoms. The summed E-state index contributed by atoms with van der Waals surface area (Å²) in [5, 5.41) is 10.7. The van der Waals surface area contributed by atoms with E-state index in [1.54, 1.807) is 30.9 Å². The standard InChI is InChI=1S/C23H25N7O3S/c1-14-22(34(32,33)30-8-7-19-17(13-30)11-26-28-19)9-21(29(14)3)23(31)25-10-16-5-4-6-20-18(16)12-24-15(2)27-20/h4-6,9,11-12H,7-8,10,13H2,1-3H3,(H,25,31)(H,26,28). The summed E-state index contributed by atoms with van der Waals surface area (Å²) < 4.78 is 29.9. The first-order chi connectivity index (χ1) is 16.3. The molecule has 0 unspecified atom stereocenters. The van der Waals surface area contributed by atoms with Gasteiger partial charge in [-0.25, -0.2) is 18.4 Å². The molecule has 0 aliphatic carbocycles. The van der Waals surface area contributed by atoms with E-state index in [0.29, 0.717) is 24.5 Å². The van der Waals surface area contributed by atoms with E-state index in [-0.39, 0.29) is 29.6 Å². The molecular formula is C23H25N7O3S. The molecule has 1 amide bonds. The second-order valence-corrected chi connectivity index (χ2v) is 10.4. The van der Waals surface area contributed by atoms with Crippen molar-refractivity contribution in [2.24, 2.45) is 7.05 Å². The van der Waals surface area contributed by atoms with Crippen LogP contribution in [0, 0.1) is 13.8 Å². The number of sulfonamides is 1. The Kier molecular flexibility index (Phi) is 5.45. The number of aromatic amines is 1. The molecular weight excluding hydrogens is 454 g/mol. The number of benzene rings is 1. The van der Waals surface area contributed by atoms with Gasteiger partial charge in [-0.3, -0.25) is 9.89 Å². The zero-order valence-electron chi connectivity index (χ0n) is 19.2. The first-order valence-electron chi connectivity index (χ1n) is 10.9. The molecule has 11 heteroatoms. The van der Waals surface area contributed by atoms with Crippen molar-refractivity contribution in [1.82, 2.24) is 34.4 Å². The molecule has 0 saturated heterocycles. The van der Waals surface area contributed by atoms with Crippen LogP contribution in [-0.4, -0.2) is 49.9 Å². The average molecular weight is 480 g/mol. The molecule has 1 aliphatic heterocycles. The monoisotopic (exact) mass is 479 g/mol. The Hall–Kier alpha value is -3.57. The summed E-state index contributed by atoms with van der Waals surface area (Å²) >= 11 is 0. The van der Waals surface area contributed by atoms with Crippen LogP contribution in [0.2, 0.25) is 0 Å². The number of amides is 1. The van der Waals surface area contributed by atoms with Crippen LogP contribution in [-0.2, 0) is 36.6 Å². The highest BCUT2D eigenvalue weighted by molar-refractivity contribution is 7.89. The van der Waals surface area contributed by atoms with Crippen molar-refractivity contribution in [2.45, 2.75) is 38.3 Å². The number of aryl methyl sites for hydroxylation is 1. The van der Waals surface area contributed by atoms with E-state index in [9.17, 15) is 13.2 Å². The van der Waals surface area contributed by atoms with E-state index in [2.05, 4.69) is 25.5 Å². The molecule has 0 fully saturated rings. The Morgan fingerprint density at radius 1 is 1.24 bits per heavy atom. The van der Waals surface area contributed by atoms with Crippen molar-refractivity contribution in [3.05, 3.63) is 70.7 Å². The summed E-state index contributed by atoms with van der Waals surface area (Å²) in [4.78, 5) is 21.9. The Balaban J connectivity index is 1.38. The molecule has 34 heavy (non-hydrogen) atoms. The normalized spacial score (nSPS) is 14.3. The van der Waals surface area contributed by atoms with Crippen LogP contribution in [0.4, 0.5) is 0 Å². The maximum absolute atomic E-state index is 13.4. The first kappa shape index (κ1) is 22.2. The Morgan fingerprint density at radius 3 is 2.88 bits per heavy atom. The summed E-state index contributed by atoms with van der Waals surface area (Å²) in [5.74, 6) is 0.326. The SMILES string of the molecule is Cc1ncc2c(CNC(=O)c3cc(S(=O)(=O)N4CCc5[nH]ncc5C4)c(C)n3C)cccc2n1. The lowest BCUT2D eigenvalue weighted by molar-refractivity contribution is 0.0942. The second kappa shape index (κ2) is 8.33. The van der Waals surface area contributed by atoms with Gasteiger partial charge in [-0.15, -0.1) is 0 Å². The van der Waals surface area contributed by atoms with Crippen LogP contribution >= 0.6 is 0 Å². The maximum atomic E-state index is 13.4. The van der Waals surface area contributed by atoms with Crippen LogP contribution < -0.4 is 5.32 Å². The topological polar surface area (TPSA) is 126 Å². The number of carbonyl (C=O) groups excluding carboxylic acids is 1. The minimum Gasteiger partial charge on any atom is -0.347 e. The minimum atomic E-state index is -3.77. The predicted octanol–water partition coefficient (Wildman–Crippen LogP) is 1.99. The van der Waals surface area contributed by atoms with Gasteiger partial charge in [0.15, 0.2) is 0 Å². The zero-order valence-corrected chi connectivity index (χ0v) is 20.0. The molecule has 2 N–H and O–H groups in total. The van der Waals surface area contributed by atoms with Crippen molar-refractivity contribution in [3.63, 3.8) is 0 Å². The summed E-state index contributed by atoms with van der Waals surface area (Å²) in [6.07, 6.45) is 3.98. The molecule has 1 aromatic carbocycles. The molecule has 4 heterocycles. The Labute approximate surface area is 197 Å². The van der Waals surface area contributed by atoms with E-state index in [4.69, 9.17) is 0 Å². The van der Waals surface area contributed by atoms with Crippen molar-refractivity contribution >= 4 is 26.8 Å². The van der Waals surface area contributed by atoms with E-state index in [1.165, 1.54) is 10.4 Å². The van der Waals surface area contributed by atoms with Crippen LogP contribution in [0.3, 0.4) is 0 Å². The highest BCUT2D eigenvalue weighted by Gasteiger charge is 2.33. The fourth-order valence-electron chi connectivity index (χ4n) is 4.32. The second-order valence-electron chi connectivity index (χ2n) is 8.45. The van der Waals surface area contributed by atoms with Crippen LogP contribution in [0.25, 0.3) is 10.9 Å². The summed E-state index contributed by atoms with van der Waals surface area (Å²) in [7, 11) is -2.08. The highest BCUT2D eigenvalue weighted by Crippen LogP contribution is 2.27. The molecule has 3 aromatic heterocycles. The van der Waals surface area contributed by atoms with Crippen LogP contribution in [0.15, 0.2) is 41.6 Å². The smallest absolute Gasteiger partial charge is 0.268 e. The number of rotatable bonds is 5. The fourth-order valence-corrected chi connectivity index (χ4v) is 6.01. The van der Waals surface area contributed by atoms with Crippen molar-refractivity contribution < 1.29 is 13.2 Å². The lowest BCUT2D eigenvalue weighted by Gasteiger charge is -2.25. The van der Waals surface area contributed by atoms with E-state index >= 15 is 0 Å².